The van der Waals surface area contributed by atoms with Gasteiger partial charge in [0.25, 0.3) is 5.91 Å². The minimum atomic E-state index is -0.692. The van der Waals surface area contributed by atoms with Crippen molar-refractivity contribution in [1.82, 2.24) is 9.80 Å². The van der Waals surface area contributed by atoms with Crippen LogP contribution in [0, 0.1) is 0 Å². The highest BCUT2D eigenvalue weighted by atomic mass is 35.5. The Balaban J connectivity index is 1.85. The zero-order valence-corrected chi connectivity index (χ0v) is 15.5. The van der Waals surface area contributed by atoms with Crippen LogP contribution < -0.4 is 4.74 Å². The molecule has 0 atom stereocenters. The Labute approximate surface area is 156 Å². The Morgan fingerprint density at radius 3 is 2.35 bits per heavy atom. The first-order chi connectivity index (χ1) is 12.5. The fourth-order valence-electron chi connectivity index (χ4n) is 2.49. The molecule has 1 saturated heterocycles. The highest BCUT2D eigenvalue weighted by molar-refractivity contribution is 6.31. The van der Waals surface area contributed by atoms with Gasteiger partial charge in [-0.25, -0.2) is 9.59 Å². The minimum absolute atomic E-state index is 0.153. The van der Waals surface area contributed by atoms with Gasteiger partial charge in [0.1, 0.15) is 11.3 Å². The third-order valence-corrected chi connectivity index (χ3v) is 4.10. The molecule has 1 aliphatic heterocycles. The van der Waals surface area contributed by atoms with Crippen LogP contribution in [-0.4, -0.2) is 74.3 Å². The molecule has 2 rings (SSSR count). The number of carbonyl (C=O) groups is 3. The molecule has 0 spiro atoms. The van der Waals surface area contributed by atoms with Crippen molar-refractivity contribution in [1.29, 1.82) is 0 Å². The van der Waals surface area contributed by atoms with E-state index in [9.17, 15) is 14.4 Å². The zero-order valence-electron chi connectivity index (χ0n) is 14.7. The molecule has 9 heteroatoms. The van der Waals surface area contributed by atoms with Crippen LogP contribution in [0.25, 0.3) is 0 Å². The molecular weight excluding hydrogens is 364 g/mol. The van der Waals surface area contributed by atoms with Crippen molar-refractivity contribution in [3.8, 4) is 5.75 Å². The summed E-state index contributed by atoms with van der Waals surface area (Å²) >= 11 is 5.88. The van der Waals surface area contributed by atoms with Crippen LogP contribution in [-0.2, 0) is 14.3 Å². The number of methoxy groups -OCH3 is 1. The Kier molecular flexibility index (Phi) is 7.08. The van der Waals surface area contributed by atoms with Crippen molar-refractivity contribution in [3.05, 3.63) is 28.8 Å². The van der Waals surface area contributed by atoms with Gasteiger partial charge >= 0.3 is 12.1 Å². The lowest BCUT2D eigenvalue weighted by Gasteiger charge is -2.33. The standard InChI is InChI=1S/C17H21ClN2O6/c1-3-25-17(23)20-8-6-19(7-9-20)15(21)11-26-16(22)13-10-12(18)4-5-14(13)24-2/h4-5,10H,3,6-9,11H2,1-2H3. The van der Waals surface area contributed by atoms with E-state index in [2.05, 4.69) is 0 Å². The van der Waals surface area contributed by atoms with Crippen LogP contribution in [0.2, 0.25) is 5.02 Å². The lowest BCUT2D eigenvalue weighted by atomic mass is 10.2. The van der Waals surface area contributed by atoms with Gasteiger partial charge in [0.05, 0.1) is 13.7 Å². The minimum Gasteiger partial charge on any atom is -0.496 e. The maximum Gasteiger partial charge on any atom is 0.409 e. The van der Waals surface area contributed by atoms with Crippen molar-refractivity contribution >= 4 is 29.6 Å². The summed E-state index contributed by atoms with van der Waals surface area (Å²) in [6.07, 6.45) is -0.390. The molecule has 142 valence electrons. The number of ether oxygens (including phenoxy) is 3. The Hall–Kier alpha value is -2.48. The lowest BCUT2D eigenvalue weighted by Crippen LogP contribution is -2.51. The molecule has 1 aromatic carbocycles. The monoisotopic (exact) mass is 384 g/mol. The van der Waals surface area contributed by atoms with E-state index in [4.69, 9.17) is 25.8 Å². The summed E-state index contributed by atoms with van der Waals surface area (Å²) in [7, 11) is 1.42. The zero-order chi connectivity index (χ0) is 19.1. The molecule has 2 amide bonds. The molecule has 0 radical (unpaired) electrons. The molecule has 0 bridgehead atoms. The first-order valence-corrected chi connectivity index (χ1v) is 8.54. The van der Waals surface area contributed by atoms with Gasteiger partial charge in [0.2, 0.25) is 0 Å². The maximum absolute atomic E-state index is 12.2. The Morgan fingerprint density at radius 1 is 1.08 bits per heavy atom. The van der Waals surface area contributed by atoms with Gasteiger partial charge in [-0.1, -0.05) is 11.6 Å². The number of rotatable bonds is 5. The number of halogens is 1. The molecule has 8 nitrogen and oxygen atoms in total. The van der Waals surface area contributed by atoms with Crippen LogP contribution in [0.1, 0.15) is 17.3 Å². The van der Waals surface area contributed by atoms with E-state index in [0.29, 0.717) is 43.6 Å². The summed E-state index contributed by atoms with van der Waals surface area (Å²) < 4.78 is 15.1. The second-order valence-corrected chi connectivity index (χ2v) is 5.92. The van der Waals surface area contributed by atoms with Gasteiger partial charge < -0.3 is 24.0 Å². The van der Waals surface area contributed by atoms with Crippen molar-refractivity contribution in [2.75, 3.05) is 46.5 Å². The molecule has 0 unspecified atom stereocenters. The predicted molar refractivity (Wildman–Crippen MR) is 93.5 cm³/mol. The molecule has 1 fully saturated rings. The molecule has 0 N–H and O–H groups in total. The molecule has 1 aliphatic rings. The van der Waals surface area contributed by atoms with Gasteiger partial charge in [-0.15, -0.1) is 0 Å². The smallest absolute Gasteiger partial charge is 0.409 e. The van der Waals surface area contributed by atoms with E-state index in [1.165, 1.54) is 23.0 Å². The van der Waals surface area contributed by atoms with Gasteiger partial charge in [-0.3, -0.25) is 4.79 Å². The SMILES string of the molecule is CCOC(=O)N1CCN(C(=O)COC(=O)c2cc(Cl)ccc2OC)CC1. The van der Waals surface area contributed by atoms with Crippen molar-refractivity contribution in [3.63, 3.8) is 0 Å². The van der Waals surface area contributed by atoms with Gasteiger partial charge in [0.15, 0.2) is 6.61 Å². The average molecular weight is 385 g/mol. The van der Waals surface area contributed by atoms with Crippen LogP contribution >= 0.6 is 11.6 Å². The third-order valence-electron chi connectivity index (χ3n) is 3.87. The highest BCUT2D eigenvalue weighted by Gasteiger charge is 2.25. The molecule has 1 heterocycles. The number of benzene rings is 1. The van der Waals surface area contributed by atoms with E-state index in [0.717, 1.165) is 0 Å². The molecule has 0 aromatic heterocycles. The summed E-state index contributed by atoms with van der Waals surface area (Å²) in [4.78, 5) is 39.1. The van der Waals surface area contributed by atoms with E-state index >= 15 is 0 Å². The van der Waals surface area contributed by atoms with E-state index < -0.39 is 12.6 Å². The summed E-state index contributed by atoms with van der Waals surface area (Å²) in [6, 6.07) is 4.56. The van der Waals surface area contributed by atoms with Crippen LogP contribution in [0.5, 0.6) is 5.75 Å². The number of hydrogen-bond acceptors (Lipinski definition) is 6. The number of nitrogens with zero attached hydrogens (tertiary/aromatic N) is 2. The maximum atomic E-state index is 12.2. The van der Waals surface area contributed by atoms with Gasteiger partial charge in [-0.05, 0) is 25.1 Å². The average Bonchev–Trinajstić information content (AvgIpc) is 2.66. The molecule has 26 heavy (non-hydrogen) atoms. The number of carbonyl (C=O) groups excluding carboxylic acids is 3. The fraction of sp³-hybridized carbons (Fsp3) is 0.471. The Morgan fingerprint density at radius 2 is 1.73 bits per heavy atom. The number of piperazine rings is 1. The van der Waals surface area contributed by atoms with E-state index in [-0.39, 0.29) is 17.6 Å². The van der Waals surface area contributed by atoms with Crippen LogP contribution in [0.3, 0.4) is 0 Å². The van der Waals surface area contributed by atoms with Crippen LogP contribution in [0.4, 0.5) is 4.79 Å². The summed E-state index contributed by atoms with van der Waals surface area (Å²) in [5.41, 5.74) is 0.153. The van der Waals surface area contributed by atoms with Gasteiger partial charge in [-0.2, -0.15) is 0 Å². The molecule has 0 aliphatic carbocycles. The van der Waals surface area contributed by atoms with Crippen molar-refractivity contribution < 1.29 is 28.6 Å². The second kappa shape index (κ2) is 9.28. The van der Waals surface area contributed by atoms with Crippen LogP contribution in [0.15, 0.2) is 18.2 Å². The lowest BCUT2D eigenvalue weighted by molar-refractivity contribution is -0.136. The highest BCUT2D eigenvalue weighted by Crippen LogP contribution is 2.23. The summed E-state index contributed by atoms with van der Waals surface area (Å²) in [5, 5.41) is 0.360. The Bertz CT molecular complexity index is 673. The molecular formula is C17H21ClN2O6. The molecule has 1 aromatic rings. The summed E-state index contributed by atoms with van der Waals surface area (Å²) in [6.45, 7) is 3.11. The number of esters is 1. The third kappa shape index (κ3) is 5.01. The quantitative estimate of drug-likeness (QED) is 0.720. The van der Waals surface area contributed by atoms with Gasteiger partial charge in [0, 0.05) is 31.2 Å². The molecule has 0 saturated carbocycles. The van der Waals surface area contributed by atoms with E-state index in [1.54, 1.807) is 19.1 Å². The fourth-order valence-corrected chi connectivity index (χ4v) is 2.66. The largest absolute Gasteiger partial charge is 0.496 e. The first-order valence-electron chi connectivity index (χ1n) is 8.16. The predicted octanol–water partition coefficient (Wildman–Crippen LogP) is 1.81. The topological polar surface area (TPSA) is 85.4 Å². The second-order valence-electron chi connectivity index (χ2n) is 5.49. The normalized spacial score (nSPS) is 14.0. The van der Waals surface area contributed by atoms with E-state index in [1.807, 2.05) is 0 Å². The number of amides is 2. The summed E-state index contributed by atoms with van der Waals surface area (Å²) in [5.74, 6) is -0.708. The van der Waals surface area contributed by atoms with Crippen molar-refractivity contribution in [2.24, 2.45) is 0 Å². The number of hydrogen-bond donors (Lipinski definition) is 0. The van der Waals surface area contributed by atoms with Crippen molar-refractivity contribution in [2.45, 2.75) is 6.92 Å². The first kappa shape index (κ1) is 19.8.